The maximum Gasteiger partial charge on any atom is 0.424 e. The van der Waals surface area contributed by atoms with Gasteiger partial charge in [-0.25, -0.2) is 4.98 Å². The van der Waals surface area contributed by atoms with Crippen LogP contribution in [-0.4, -0.2) is 76.6 Å². The van der Waals surface area contributed by atoms with E-state index in [1.807, 2.05) is 0 Å². The summed E-state index contributed by atoms with van der Waals surface area (Å²) in [4.78, 5) is 8.95. The van der Waals surface area contributed by atoms with E-state index in [0.29, 0.717) is 13.0 Å². The van der Waals surface area contributed by atoms with Crippen LogP contribution in [0.15, 0.2) is 17.4 Å². The molecule has 180 valence electrons. The smallest absolute Gasteiger partial charge is 0.374 e. The van der Waals surface area contributed by atoms with Gasteiger partial charge in [0.2, 0.25) is 5.60 Å². The number of hydrogen-bond donors (Lipinski definition) is 3. The van der Waals surface area contributed by atoms with Gasteiger partial charge in [0.15, 0.2) is 5.96 Å². The summed E-state index contributed by atoms with van der Waals surface area (Å²) in [5.41, 5.74) is -3.18. The number of aryl methyl sites for hydroxylation is 1. The largest absolute Gasteiger partial charge is 0.424 e. The molecule has 31 heavy (non-hydrogen) atoms. The minimum atomic E-state index is -4.96. The maximum atomic E-state index is 13.5. The van der Waals surface area contributed by atoms with Crippen molar-refractivity contribution in [2.24, 2.45) is 12.0 Å². The van der Waals surface area contributed by atoms with Crippen LogP contribution in [0.25, 0.3) is 0 Å². The molecule has 0 amide bonds. The third kappa shape index (κ3) is 7.66. The number of nitrogens with zero attached hydrogens (tertiary/aromatic N) is 4. The Morgan fingerprint density at radius 1 is 1.29 bits per heavy atom. The molecular formula is C17H27F6IN6O. The summed E-state index contributed by atoms with van der Waals surface area (Å²) in [5, 5.41) is 16.1. The zero-order valence-corrected chi connectivity index (χ0v) is 19.4. The summed E-state index contributed by atoms with van der Waals surface area (Å²) >= 11 is 0. The predicted octanol–water partition coefficient (Wildman–Crippen LogP) is 2.37. The lowest BCUT2D eigenvalue weighted by Crippen LogP contribution is -2.46. The molecule has 0 aliphatic carbocycles. The second kappa shape index (κ2) is 11.0. The van der Waals surface area contributed by atoms with Gasteiger partial charge in [-0.05, 0) is 13.3 Å². The van der Waals surface area contributed by atoms with Gasteiger partial charge in [0.25, 0.3) is 0 Å². The number of aromatic nitrogens is 2. The molecule has 1 aromatic heterocycles. The van der Waals surface area contributed by atoms with Gasteiger partial charge in [0, 0.05) is 58.1 Å². The average Bonchev–Trinajstić information content (AvgIpc) is 3.21. The van der Waals surface area contributed by atoms with Crippen LogP contribution < -0.4 is 10.6 Å². The summed E-state index contributed by atoms with van der Waals surface area (Å²) < 4.78 is 79.3. The highest BCUT2D eigenvalue weighted by atomic mass is 127. The Balaban J connectivity index is 0.00000480. The van der Waals surface area contributed by atoms with Gasteiger partial charge >= 0.3 is 12.4 Å². The van der Waals surface area contributed by atoms with Crippen LogP contribution in [0.4, 0.5) is 26.3 Å². The molecule has 0 spiro atoms. The fourth-order valence-electron chi connectivity index (χ4n) is 3.33. The number of rotatable bonds is 7. The monoisotopic (exact) mass is 572 g/mol. The van der Waals surface area contributed by atoms with Gasteiger partial charge in [0.05, 0.1) is 6.54 Å². The van der Waals surface area contributed by atoms with Crippen LogP contribution in [0.1, 0.15) is 25.6 Å². The van der Waals surface area contributed by atoms with Crippen LogP contribution >= 0.6 is 24.0 Å². The van der Waals surface area contributed by atoms with Crippen LogP contribution in [-0.2, 0) is 12.6 Å². The van der Waals surface area contributed by atoms with Gasteiger partial charge in [0.1, 0.15) is 5.82 Å². The van der Waals surface area contributed by atoms with Crippen molar-refractivity contribution in [2.75, 3.05) is 32.7 Å². The number of aliphatic imine (C=N–C) groups is 1. The minimum Gasteiger partial charge on any atom is -0.374 e. The quantitative estimate of drug-likeness (QED) is 0.203. The van der Waals surface area contributed by atoms with Gasteiger partial charge in [-0.2, -0.15) is 26.3 Å². The summed E-state index contributed by atoms with van der Waals surface area (Å²) in [6.07, 6.45) is -7.11. The first-order valence-electron chi connectivity index (χ1n) is 9.46. The van der Waals surface area contributed by atoms with Gasteiger partial charge in [-0.3, -0.25) is 9.89 Å². The maximum absolute atomic E-state index is 13.5. The fraction of sp³-hybridized carbons (Fsp3) is 0.765. The van der Waals surface area contributed by atoms with Crippen molar-refractivity contribution in [3.05, 3.63) is 18.2 Å². The number of nitrogens with one attached hydrogen (secondary N) is 2. The van der Waals surface area contributed by atoms with Crippen molar-refractivity contribution in [2.45, 2.75) is 43.8 Å². The zero-order valence-electron chi connectivity index (χ0n) is 17.1. The summed E-state index contributed by atoms with van der Waals surface area (Å²) in [6.45, 7) is 1.17. The minimum absolute atomic E-state index is 0. The van der Waals surface area contributed by atoms with E-state index in [1.54, 1.807) is 6.92 Å². The molecule has 14 heteroatoms. The van der Waals surface area contributed by atoms with Crippen molar-refractivity contribution < 1.29 is 31.4 Å². The number of alkyl halides is 6. The normalized spacial score (nSPS) is 20.3. The van der Waals surface area contributed by atoms with Gasteiger partial charge < -0.3 is 20.3 Å². The summed E-state index contributed by atoms with van der Waals surface area (Å²) in [7, 11) is 1.35. The lowest BCUT2D eigenvalue weighted by Gasteiger charge is -2.29. The first-order chi connectivity index (χ1) is 13.9. The SMILES string of the molecule is CCNC(=NCCC(O)(c1nccn1C)C(F)(F)F)NC1CCN(CC(F)(F)F)C1.I. The first-order valence-corrected chi connectivity index (χ1v) is 9.46. The molecule has 0 radical (unpaired) electrons. The number of halogens is 7. The molecule has 2 unspecified atom stereocenters. The Bertz CT molecular complexity index is 725. The molecule has 1 aliphatic rings. The Morgan fingerprint density at radius 3 is 2.48 bits per heavy atom. The molecule has 3 N–H and O–H groups in total. The van der Waals surface area contributed by atoms with Crippen LogP contribution in [0.2, 0.25) is 0 Å². The molecule has 2 heterocycles. The Labute approximate surface area is 193 Å². The van der Waals surface area contributed by atoms with E-state index in [-0.39, 0.29) is 55.6 Å². The molecule has 0 saturated carbocycles. The Kier molecular flexibility index (Phi) is 9.87. The Hall–Kier alpha value is -1.29. The van der Waals surface area contributed by atoms with Crippen molar-refractivity contribution in [1.82, 2.24) is 25.1 Å². The van der Waals surface area contributed by atoms with E-state index < -0.39 is 36.7 Å². The number of likely N-dealkylation sites (tertiary alicyclic amines) is 1. The average molecular weight is 572 g/mol. The molecule has 1 aliphatic heterocycles. The molecule has 1 saturated heterocycles. The van der Waals surface area contributed by atoms with Crippen molar-refractivity contribution in [3.63, 3.8) is 0 Å². The Morgan fingerprint density at radius 2 is 1.97 bits per heavy atom. The van der Waals surface area contributed by atoms with Crippen LogP contribution in [0, 0.1) is 0 Å². The van der Waals surface area contributed by atoms with Crippen molar-refractivity contribution in [1.29, 1.82) is 0 Å². The lowest BCUT2D eigenvalue weighted by atomic mass is 9.98. The molecule has 2 rings (SSSR count). The molecular weight excluding hydrogens is 545 g/mol. The third-order valence-corrected chi connectivity index (χ3v) is 4.76. The molecule has 0 bridgehead atoms. The number of aliphatic hydroxyl groups is 1. The summed E-state index contributed by atoms with van der Waals surface area (Å²) in [5.74, 6) is -0.359. The molecule has 7 nitrogen and oxygen atoms in total. The highest BCUT2D eigenvalue weighted by Crippen LogP contribution is 2.40. The predicted molar refractivity (Wildman–Crippen MR) is 113 cm³/mol. The van der Waals surface area contributed by atoms with E-state index in [4.69, 9.17) is 0 Å². The van der Waals surface area contributed by atoms with E-state index in [9.17, 15) is 31.4 Å². The number of imidazole rings is 1. The summed E-state index contributed by atoms with van der Waals surface area (Å²) in [6, 6.07) is -0.318. The van der Waals surface area contributed by atoms with Crippen molar-refractivity contribution >= 4 is 29.9 Å². The lowest BCUT2D eigenvalue weighted by molar-refractivity contribution is -0.272. The highest BCUT2D eigenvalue weighted by Gasteiger charge is 2.57. The van der Waals surface area contributed by atoms with E-state index >= 15 is 0 Å². The highest BCUT2D eigenvalue weighted by molar-refractivity contribution is 14.0. The van der Waals surface area contributed by atoms with E-state index in [0.717, 1.165) is 10.8 Å². The zero-order chi connectivity index (χ0) is 22.6. The standard InChI is InChI=1S/C17H26F6N6O.HI/c1-3-24-14(27-12-4-8-29(10-12)11-16(18,19)20)26-6-5-15(30,17(21,22)23)13-25-7-9-28(13)2;/h7,9,12,30H,3-6,8,10-11H2,1-2H3,(H2,24,26,27);1H. The first kappa shape index (κ1) is 27.7. The molecule has 0 aromatic carbocycles. The second-order valence-electron chi connectivity index (χ2n) is 7.21. The number of hydrogen-bond acceptors (Lipinski definition) is 4. The van der Waals surface area contributed by atoms with Gasteiger partial charge in [-0.1, -0.05) is 0 Å². The van der Waals surface area contributed by atoms with E-state index in [1.165, 1.54) is 18.1 Å². The third-order valence-electron chi connectivity index (χ3n) is 4.76. The topological polar surface area (TPSA) is 77.7 Å². The van der Waals surface area contributed by atoms with E-state index in [2.05, 4.69) is 20.6 Å². The second-order valence-corrected chi connectivity index (χ2v) is 7.21. The molecule has 2 atom stereocenters. The molecule has 1 fully saturated rings. The fourth-order valence-corrected chi connectivity index (χ4v) is 3.33. The van der Waals surface area contributed by atoms with Gasteiger partial charge in [-0.15, -0.1) is 24.0 Å². The van der Waals surface area contributed by atoms with Crippen LogP contribution in [0.5, 0.6) is 0 Å². The van der Waals surface area contributed by atoms with Crippen LogP contribution in [0.3, 0.4) is 0 Å². The molecule has 1 aromatic rings. The van der Waals surface area contributed by atoms with Crippen molar-refractivity contribution in [3.8, 4) is 0 Å². The number of guanidine groups is 1.